The van der Waals surface area contributed by atoms with E-state index in [9.17, 15) is 13.2 Å². The van der Waals surface area contributed by atoms with Crippen LogP contribution in [0.2, 0.25) is 0 Å². The number of sulfone groups is 1. The average molecular weight is 490 g/mol. The van der Waals surface area contributed by atoms with Crippen molar-refractivity contribution in [1.82, 2.24) is 14.6 Å². The molecule has 2 heterocycles. The smallest absolute Gasteiger partial charge is 0.304 e. The van der Waals surface area contributed by atoms with E-state index in [2.05, 4.69) is 21.9 Å². The van der Waals surface area contributed by atoms with Crippen molar-refractivity contribution in [2.24, 2.45) is 0 Å². The molecule has 1 N–H and O–H groups in total. The lowest BCUT2D eigenvalue weighted by Gasteiger charge is -2.12. The maximum absolute atomic E-state index is 11.8. The van der Waals surface area contributed by atoms with Gasteiger partial charge in [-0.1, -0.05) is 30.2 Å². The second-order valence-corrected chi connectivity index (χ2v) is 10.00. The lowest BCUT2D eigenvalue weighted by atomic mass is 9.96. The van der Waals surface area contributed by atoms with E-state index in [1.807, 2.05) is 24.4 Å². The Balaban J connectivity index is 1.56. The highest BCUT2D eigenvalue weighted by molar-refractivity contribution is 7.90. The van der Waals surface area contributed by atoms with Crippen LogP contribution in [0, 0.1) is 11.8 Å². The monoisotopic (exact) mass is 489 g/mol. The first-order chi connectivity index (χ1) is 16.7. The van der Waals surface area contributed by atoms with Crippen LogP contribution >= 0.6 is 0 Å². The van der Waals surface area contributed by atoms with Crippen LogP contribution in [0.3, 0.4) is 0 Å². The standard InChI is InChI=1S/C26H23N3O5S/c1-3-4-20(14-25(30)31)18-5-9-23(10-6-18)34-16-22-13-21(15-29-26(22)27-17-28-29)19-7-11-24(12-8-19)35(2,32)33/h5-13,15,17,20H,14,16H2,1-2H3,(H,30,31)/t20-/m0/s1. The Bertz CT molecular complexity index is 1530. The van der Waals surface area contributed by atoms with Crippen molar-refractivity contribution in [2.45, 2.75) is 30.8 Å². The summed E-state index contributed by atoms with van der Waals surface area (Å²) in [7, 11) is -3.28. The lowest BCUT2D eigenvalue weighted by Crippen LogP contribution is -2.05. The van der Waals surface area contributed by atoms with E-state index in [0.717, 1.165) is 22.3 Å². The summed E-state index contributed by atoms with van der Waals surface area (Å²) >= 11 is 0. The molecule has 0 bridgehead atoms. The van der Waals surface area contributed by atoms with Crippen LogP contribution in [0.4, 0.5) is 0 Å². The Morgan fingerprint density at radius 1 is 1.11 bits per heavy atom. The number of ether oxygens (including phenoxy) is 1. The Hall–Kier alpha value is -4.16. The van der Waals surface area contributed by atoms with E-state index in [1.54, 1.807) is 47.8 Å². The number of hydrogen-bond acceptors (Lipinski definition) is 6. The third-order valence-electron chi connectivity index (χ3n) is 5.44. The summed E-state index contributed by atoms with van der Waals surface area (Å²) < 4.78 is 31.2. The van der Waals surface area contributed by atoms with E-state index in [1.165, 1.54) is 12.6 Å². The number of carboxylic acid groups (broad SMARTS) is 1. The van der Waals surface area contributed by atoms with Crippen molar-refractivity contribution in [3.8, 4) is 28.7 Å². The number of rotatable bonds is 8. The summed E-state index contributed by atoms with van der Waals surface area (Å²) in [5.74, 6) is 5.06. The fourth-order valence-electron chi connectivity index (χ4n) is 3.71. The number of carboxylic acids is 1. The summed E-state index contributed by atoms with van der Waals surface area (Å²) in [5, 5.41) is 13.4. The van der Waals surface area contributed by atoms with Gasteiger partial charge < -0.3 is 9.84 Å². The first kappa shape index (κ1) is 24.0. The SMILES string of the molecule is CC#C[C@@H](CC(=O)O)c1ccc(OCc2cc(-c3ccc(S(C)(=O)=O)cc3)cn3ncnc23)cc1. The molecule has 9 heteroatoms. The van der Waals surface area contributed by atoms with Gasteiger partial charge in [-0.2, -0.15) is 5.10 Å². The molecule has 178 valence electrons. The van der Waals surface area contributed by atoms with Crippen LogP contribution in [0.5, 0.6) is 5.75 Å². The van der Waals surface area contributed by atoms with E-state index < -0.39 is 15.8 Å². The predicted molar refractivity (Wildman–Crippen MR) is 131 cm³/mol. The molecular formula is C26H23N3O5S. The Morgan fingerprint density at radius 2 is 1.83 bits per heavy atom. The third kappa shape index (κ3) is 5.67. The molecule has 4 aromatic rings. The molecule has 35 heavy (non-hydrogen) atoms. The van der Waals surface area contributed by atoms with Crippen LogP contribution in [-0.2, 0) is 21.2 Å². The minimum Gasteiger partial charge on any atom is -0.489 e. The van der Waals surface area contributed by atoms with Crippen LogP contribution < -0.4 is 4.74 Å². The number of benzene rings is 2. The highest BCUT2D eigenvalue weighted by atomic mass is 32.2. The van der Waals surface area contributed by atoms with Gasteiger partial charge >= 0.3 is 5.97 Å². The topological polar surface area (TPSA) is 111 Å². The highest BCUT2D eigenvalue weighted by Crippen LogP contribution is 2.26. The van der Waals surface area contributed by atoms with Crippen molar-refractivity contribution in [1.29, 1.82) is 0 Å². The van der Waals surface area contributed by atoms with Gasteiger partial charge in [0.15, 0.2) is 15.5 Å². The molecule has 0 aliphatic heterocycles. The van der Waals surface area contributed by atoms with Gasteiger partial charge in [0.25, 0.3) is 0 Å². The van der Waals surface area contributed by atoms with Crippen molar-refractivity contribution in [3.63, 3.8) is 0 Å². The van der Waals surface area contributed by atoms with Crippen molar-refractivity contribution < 1.29 is 23.1 Å². The van der Waals surface area contributed by atoms with E-state index >= 15 is 0 Å². The van der Waals surface area contributed by atoms with Gasteiger partial charge in [-0.15, -0.1) is 5.92 Å². The van der Waals surface area contributed by atoms with Crippen molar-refractivity contribution in [3.05, 3.63) is 78.2 Å². The minimum atomic E-state index is -3.28. The van der Waals surface area contributed by atoms with Crippen LogP contribution in [-0.4, -0.2) is 40.3 Å². The van der Waals surface area contributed by atoms with Crippen molar-refractivity contribution >= 4 is 21.5 Å². The normalized spacial score (nSPS) is 12.1. The number of fused-ring (bicyclic) bond motifs is 1. The molecule has 0 aliphatic carbocycles. The van der Waals surface area contributed by atoms with Gasteiger partial charge in [0.2, 0.25) is 0 Å². The molecule has 4 rings (SSSR count). The van der Waals surface area contributed by atoms with Gasteiger partial charge in [0.05, 0.1) is 17.2 Å². The molecule has 0 spiro atoms. The molecule has 0 fully saturated rings. The zero-order chi connectivity index (χ0) is 25.0. The number of aromatic nitrogens is 3. The Morgan fingerprint density at radius 3 is 2.46 bits per heavy atom. The minimum absolute atomic E-state index is 0.0656. The largest absolute Gasteiger partial charge is 0.489 e. The Kier molecular flexibility index (Phi) is 6.85. The number of nitrogens with zero attached hydrogens (tertiary/aromatic N) is 3. The first-order valence-electron chi connectivity index (χ1n) is 10.7. The molecule has 0 unspecified atom stereocenters. The highest BCUT2D eigenvalue weighted by Gasteiger charge is 2.14. The summed E-state index contributed by atoms with van der Waals surface area (Å²) in [6.45, 7) is 1.91. The van der Waals surface area contributed by atoms with E-state index in [4.69, 9.17) is 9.84 Å². The van der Waals surface area contributed by atoms with Gasteiger partial charge in [-0.3, -0.25) is 4.79 Å². The molecular weight excluding hydrogens is 466 g/mol. The fraction of sp³-hybridized carbons (Fsp3) is 0.192. The predicted octanol–water partition coefficient (Wildman–Crippen LogP) is 3.96. The number of pyridine rings is 1. The van der Waals surface area contributed by atoms with Crippen molar-refractivity contribution in [2.75, 3.05) is 6.26 Å². The number of aliphatic carboxylic acids is 1. The van der Waals surface area contributed by atoms with Crippen LogP contribution in [0.15, 0.2) is 72.0 Å². The summed E-state index contributed by atoms with van der Waals surface area (Å²) in [4.78, 5) is 15.7. The zero-order valence-electron chi connectivity index (χ0n) is 19.2. The number of hydrogen-bond donors (Lipinski definition) is 1. The van der Waals surface area contributed by atoms with E-state index in [0.29, 0.717) is 11.4 Å². The molecule has 2 aromatic carbocycles. The maximum Gasteiger partial charge on any atom is 0.304 e. The average Bonchev–Trinajstić information content (AvgIpc) is 3.31. The molecule has 2 aromatic heterocycles. The molecule has 0 saturated carbocycles. The summed E-state index contributed by atoms with van der Waals surface area (Å²) in [5.41, 5.74) is 3.94. The lowest BCUT2D eigenvalue weighted by molar-refractivity contribution is -0.137. The molecule has 1 atom stereocenters. The quantitative estimate of drug-likeness (QED) is 0.373. The maximum atomic E-state index is 11.8. The number of carbonyl (C=O) groups is 1. The molecule has 0 amide bonds. The first-order valence-corrected chi connectivity index (χ1v) is 12.6. The molecule has 0 saturated heterocycles. The zero-order valence-corrected chi connectivity index (χ0v) is 20.0. The molecule has 0 radical (unpaired) electrons. The fourth-order valence-corrected chi connectivity index (χ4v) is 4.34. The Labute approximate surface area is 203 Å². The molecule has 8 nitrogen and oxygen atoms in total. The molecule has 0 aliphatic rings. The summed E-state index contributed by atoms with van der Waals surface area (Å²) in [6, 6.07) is 15.8. The second-order valence-electron chi connectivity index (χ2n) is 7.98. The third-order valence-corrected chi connectivity index (χ3v) is 6.57. The second kappa shape index (κ2) is 9.99. The van der Waals surface area contributed by atoms with Crippen LogP contribution in [0.1, 0.15) is 30.4 Å². The van der Waals surface area contributed by atoms with Gasteiger partial charge in [0, 0.05) is 23.6 Å². The van der Waals surface area contributed by atoms with Gasteiger partial charge in [-0.25, -0.2) is 17.9 Å². The summed E-state index contributed by atoms with van der Waals surface area (Å²) in [6.07, 6.45) is 4.40. The van der Waals surface area contributed by atoms with Crippen LogP contribution in [0.25, 0.3) is 16.8 Å². The van der Waals surface area contributed by atoms with Gasteiger partial charge in [-0.05, 0) is 48.4 Å². The van der Waals surface area contributed by atoms with Gasteiger partial charge in [0.1, 0.15) is 18.7 Å². The van der Waals surface area contributed by atoms with E-state index in [-0.39, 0.29) is 23.8 Å².